The summed E-state index contributed by atoms with van der Waals surface area (Å²) in [5.41, 5.74) is 1.97. The molecule has 0 amide bonds. The molecule has 4 nitrogen and oxygen atoms in total. The van der Waals surface area contributed by atoms with Crippen LogP contribution < -0.4 is 4.74 Å². The van der Waals surface area contributed by atoms with Gasteiger partial charge in [-0.2, -0.15) is 0 Å². The summed E-state index contributed by atoms with van der Waals surface area (Å²) in [6.45, 7) is 3.15. The number of hydrogen-bond acceptors (Lipinski definition) is 3. The molecule has 0 unspecified atom stereocenters. The van der Waals surface area contributed by atoms with Crippen LogP contribution in [0.15, 0.2) is 54.6 Å². The van der Waals surface area contributed by atoms with E-state index >= 15 is 0 Å². The SMILES string of the molecule is C[C@H](O)c1nc2ccccc2n1CCCOc1ccccc1. The second-order valence-electron chi connectivity index (χ2n) is 5.30. The molecule has 0 aliphatic carbocycles. The third-order valence-electron chi connectivity index (χ3n) is 3.60. The molecule has 0 radical (unpaired) electrons. The van der Waals surface area contributed by atoms with Gasteiger partial charge in [-0.3, -0.25) is 0 Å². The van der Waals surface area contributed by atoms with E-state index in [0.29, 0.717) is 12.4 Å². The first-order valence-electron chi connectivity index (χ1n) is 7.57. The molecule has 2 aromatic carbocycles. The van der Waals surface area contributed by atoms with Crippen LogP contribution in [0.25, 0.3) is 11.0 Å². The Morgan fingerprint density at radius 3 is 2.59 bits per heavy atom. The van der Waals surface area contributed by atoms with E-state index in [1.54, 1.807) is 6.92 Å². The number of para-hydroxylation sites is 3. The summed E-state index contributed by atoms with van der Waals surface area (Å²) in [5, 5.41) is 9.93. The largest absolute Gasteiger partial charge is 0.494 e. The Kier molecular flexibility index (Phi) is 4.39. The van der Waals surface area contributed by atoms with Gasteiger partial charge in [-0.25, -0.2) is 4.98 Å². The monoisotopic (exact) mass is 296 g/mol. The fourth-order valence-corrected chi connectivity index (χ4v) is 2.58. The molecule has 22 heavy (non-hydrogen) atoms. The van der Waals surface area contributed by atoms with Crippen LogP contribution in [0.4, 0.5) is 0 Å². The van der Waals surface area contributed by atoms with E-state index in [9.17, 15) is 5.11 Å². The Balaban J connectivity index is 1.69. The van der Waals surface area contributed by atoms with Gasteiger partial charge in [0.2, 0.25) is 0 Å². The summed E-state index contributed by atoms with van der Waals surface area (Å²) in [4.78, 5) is 4.52. The fourth-order valence-electron chi connectivity index (χ4n) is 2.58. The van der Waals surface area contributed by atoms with Gasteiger partial charge in [0.15, 0.2) is 0 Å². The molecule has 0 saturated heterocycles. The lowest BCUT2D eigenvalue weighted by molar-refractivity contribution is 0.183. The average molecular weight is 296 g/mol. The van der Waals surface area contributed by atoms with Crippen molar-refractivity contribution >= 4 is 11.0 Å². The molecular weight excluding hydrogens is 276 g/mol. The van der Waals surface area contributed by atoms with E-state index in [1.165, 1.54) is 0 Å². The maximum atomic E-state index is 9.93. The lowest BCUT2D eigenvalue weighted by atomic mass is 10.3. The standard InChI is InChI=1S/C18H20N2O2/c1-14(21)18-19-16-10-5-6-11-17(16)20(18)12-7-13-22-15-8-3-2-4-9-15/h2-6,8-11,14,21H,7,12-13H2,1H3/t14-/m0/s1. The number of aryl methyl sites for hydroxylation is 1. The highest BCUT2D eigenvalue weighted by Gasteiger charge is 2.13. The third-order valence-corrected chi connectivity index (χ3v) is 3.60. The predicted molar refractivity (Wildman–Crippen MR) is 86.9 cm³/mol. The maximum Gasteiger partial charge on any atom is 0.138 e. The number of aliphatic hydroxyl groups is 1. The first-order valence-corrected chi connectivity index (χ1v) is 7.57. The van der Waals surface area contributed by atoms with Crippen LogP contribution in [0, 0.1) is 0 Å². The first kappa shape index (κ1) is 14.6. The van der Waals surface area contributed by atoms with Gasteiger partial charge in [-0.15, -0.1) is 0 Å². The number of aromatic nitrogens is 2. The minimum absolute atomic E-state index is 0.581. The van der Waals surface area contributed by atoms with Crippen LogP contribution >= 0.6 is 0 Å². The predicted octanol–water partition coefficient (Wildman–Crippen LogP) is 3.56. The molecule has 0 aliphatic rings. The van der Waals surface area contributed by atoms with Crippen molar-refractivity contribution in [3.63, 3.8) is 0 Å². The number of fused-ring (bicyclic) bond motifs is 1. The molecule has 3 aromatic rings. The smallest absolute Gasteiger partial charge is 0.138 e. The molecule has 0 spiro atoms. The summed E-state index contributed by atoms with van der Waals surface area (Å²) >= 11 is 0. The maximum absolute atomic E-state index is 9.93. The van der Waals surface area contributed by atoms with Crippen molar-refractivity contribution in [2.45, 2.75) is 26.0 Å². The Hall–Kier alpha value is -2.33. The first-order chi connectivity index (χ1) is 10.8. The van der Waals surface area contributed by atoms with E-state index < -0.39 is 6.10 Å². The van der Waals surface area contributed by atoms with Crippen molar-refractivity contribution in [1.82, 2.24) is 9.55 Å². The molecule has 3 rings (SSSR count). The number of imidazole rings is 1. The second kappa shape index (κ2) is 6.62. The quantitative estimate of drug-likeness (QED) is 0.708. The van der Waals surface area contributed by atoms with Crippen LogP contribution in [-0.2, 0) is 6.54 Å². The third kappa shape index (κ3) is 3.12. The molecule has 1 atom stereocenters. The topological polar surface area (TPSA) is 47.3 Å². The van der Waals surface area contributed by atoms with Gasteiger partial charge < -0.3 is 14.4 Å². The number of rotatable bonds is 6. The number of ether oxygens (including phenoxy) is 1. The highest BCUT2D eigenvalue weighted by atomic mass is 16.5. The molecule has 114 valence electrons. The van der Waals surface area contributed by atoms with Crippen molar-refractivity contribution in [3.05, 3.63) is 60.4 Å². The van der Waals surface area contributed by atoms with Gasteiger partial charge in [-0.05, 0) is 37.6 Å². The molecular formula is C18H20N2O2. The second-order valence-corrected chi connectivity index (χ2v) is 5.30. The van der Waals surface area contributed by atoms with Crippen LogP contribution in [0.5, 0.6) is 5.75 Å². The van der Waals surface area contributed by atoms with Gasteiger partial charge in [-0.1, -0.05) is 30.3 Å². The molecule has 0 bridgehead atoms. The molecule has 0 saturated carbocycles. The normalized spacial score (nSPS) is 12.5. The van der Waals surface area contributed by atoms with Crippen LogP contribution in [-0.4, -0.2) is 21.3 Å². The lowest BCUT2D eigenvalue weighted by Gasteiger charge is -2.11. The van der Waals surface area contributed by atoms with Gasteiger partial charge in [0.1, 0.15) is 17.7 Å². The van der Waals surface area contributed by atoms with Gasteiger partial charge in [0.25, 0.3) is 0 Å². The van der Waals surface area contributed by atoms with Crippen molar-refractivity contribution in [2.75, 3.05) is 6.61 Å². The van der Waals surface area contributed by atoms with Crippen molar-refractivity contribution in [2.24, 2.45) is 0 Å². The van der Waals surface area contributed by atoms with E-state index in [1.807, 2.05) is 54.6 Å². The number of benzene rings is 2. The zero-order valence-electron chi connectivity index (χ0n) is 12.6. The molecule has 1 aromatic heterocycles. The number of aliphatic hydroxyl groups excluding tert-OH is 1. The van der Waals surface area contributed by atoms with E-state index in [0.717, 1.165) is 29.7 Å². The zero-order valence-corrected chi connectivity index (χ0v) is 12.6. The Labute approximate surface area is 130 Å². The number of hydrogen-bond donors (Lipinski definition) is 1. The highest BCUT2D eigenvalue weighted by Crippen LogP contribution is 2.21. The van der Waals surface area contributed by atoms with Crippen LogP contribution in [0.1, 0.15) is 25.3 Å². The molecule has 1 heterocycles. The minimum Gasteiger partial charge on any atom is -0.494 e. The van der Waals surface area contributed by atoms with Crippen molar-refractivity contribution < 1.29 is 9.84 Å². The Morgan fingerprint density at radius 1 is 1.09 bits per heavy atom. The molecule has 0 fully saturated rings. The summed E-state index contributed by atoms with van der Waals surface area (Å²) in [7, 11) is 0. The van der Waals surface area contributed by atoms with Gasteiger partial charge >= 0.3 is 0 Å². The van der Waals surface area contributed by atoms with Crippen molar-refractivity contribution in [3.8, 4) is 5.75 Å². The zero-order chi connectivity index (χ0) is 15.4. The van der Waals surface area contributed by atoms with Crippen molar-refractivity contribution in [1.29, 1.82) is 0 Å². The fraction of sp³-hybridized carbons (Fsp3) is 0.278. The Morgan fingerprint density at radius 2 is 1.82 bits per heavy atom. The van der Waals surface area contributed by atoms with Crippen LogP contribution in [0.2, 0.25) is 0 Å². The van der Waals surface area contributed by atoms with E-state index in [-0.39, 0.29) is 0 Å². The molecule has 4 heteroatoms. The van der Waals surface area contributed by atoms with E-state index in [2.05, 4.69) is 9.55 Å². The molecule has 1 N–H and O–H groups in total. The minimum atomic E-state index is -0.581. The Bertz CT molecular complexity index is 735. The lowest BCUT2D eigenvalue weighted by Crippen LogP contribution is -2.09. The van der Waals surface area contributed by atoms with E-state index in [4.69, 9.17) is 4.74 Å². The molecule has 0 aliphatic heterocycles. The summed E-state index contributed by atoms with van der Waals surface area (Å²) < 4.78 is 7.80. The van der Waals surface area contributed by atoms with Crippen LogP contribution in [0.3, 0.4) is 0 Å². The summed E-state index contributed by atoms with van der Waals surface area (Å²) in [6, 6.07) is 17.8. The summed E-state index contributed by atoms with van der Waals surface area (Å²) in [5.74, 6) is 1.59. The number of nitrogens with zero attached hydrogens (tertiary/aromatic N) is 2. The highest BCUT2D eigenvalue weighted by molar-refractivity contribution is 5.75. The average Bonchev–Trinajstić information content (AvgIpc) is 2.92. The van der Waals surface area contributed by atoms with Gasteiger partial charge in [0.05, 0.1) is 17.6 Å². The van der Waals surface area contributed by atoms with Gasteiger partial charge in [0, 0.05) is 6.54 Å². The summed E-state index contributed by atoms with van der Waals surface area (Å²) in [6.07, 6.45) is 0.275.